The molecule has 0 saturated carbocycles. The minimum atomic E-state index is -3.71. The molecule has 0 fully saturated rings. The van der Waals surface area contributed by atoms with E-state index in [0.29, 0.717) is 16.5 Å². The van der Waals surface area contributed by atoms with E-state index in [-0.39, 0.29) is 11.8 Å². The summed E-state index contributed by atoms with van der Waals surface area (Å²) in [5, 5.41) is 0. The quantitative estimate of drug-likeness (QED) is 0.579. The van der Waals surface area contributed by atoms with Gasteiger partial charge < -0.3 is 0 Å². The third kappa shape index (κ3) is 4.60. The summed E-state index contributed by atoms with van der Waals surface area (Å²) in [6.45, 7) is 18.5. The molecule has 0 saturated heterocycles. The van der Waals surface area contributed by atoms with E-state index in [2.05, 4.69) is 58.4 Å². The highest BCUT2D eigenvalue weighted by molar-refractivity contribution is 7.92. The Morgan fingerprint density at radius 2 is 1.14 bits per heavy atom. The number of anilines is 1. The van der Waals surface area contributed by atoms with Crippen molar-refractivity contribution in [2.45, 2.75) is 85.0 Å². The average Bonchev–Trinajstić information content (AvgIpc) is 2.56. The molecule has 28 heavy (non-hydrogen) atoms. The average molecular weight is 402 g/mol. The highest BCUT2D eigenvalue weighted by atomic mass is 32.2. The van der Waals surface area contributed by atoms with Crippen molar-refractivity contribution < 1.29 is 8.42 Å². The molecule has 4 heteroatoms. The maximum absolute atomic E-state index is 13.6. The molecule has 0 spiro atoms. The summed E-state index contributed by atoms with van der Waals surface area (Å²) in [6, 6.07) is 8.17. The van der Waals surface area contributed by atoms with Crippen LogP contribution in [0, 0.1) is 20.8 Å². The van der Waals surface area contributed by atoms with E-state index in [0.717, 1.165) is 27.8 Å². The van der Waals surface area contributed by atoms with Gasteiger partial charge in [0.1, 0.15) is 0 Å². The number of aryl methyl sites for hydroxylation is 3. The molecule has 0 radical (unpaired) electrons. The molecule has 0 heterocycles. The highest BCUT2D eigenvalue weighted by Gasteiger charge is 2.27. The van der Waals surface area contributed by atoms with Gasteiger partial charge in [-0.15, -0.1) is 0 Å². The number of nitrogens with one attached hydrogen (secondary N) is 1. The van der Waals surface area contributed by atoms with Gasteiger partial charge in [0.2, 0.25) is 0 Å². The summed E-state index contributed by atoms with van der Waals surface area (Å²) in [4.78, 5) is 0.446. The van der Waals surface area contributed by atoms with Crippen molar-refractivity contribution in [3.63, 3.8) is 0 Å². The largest absolute Gasteiger partial charge is 0.279 e. The Hall–Kier alpha value is -1.81. The van der Waals surface area contributed by atoms with Crippen LogP contribution >= 0.6 is 0 Å². The standard InChI is InChI=1S/C24H35NO2S/c1-14(2)20-12-21(15(3)4)24(22(13-20)16(5)6)28(26,27)25-23-18(8)10-17(7)11-19(23)9/h10-16,25H,1-9H3. The lowest BCUT2D eigenvalue weighted by molar-refractivity contribution is 0.595. The Morgan fingerprint density at radius 3 is 1.50 bits per heavy atom. The van der Waals surface area contributed by atoms with Crippen LogP contribution in [0.4, 0.5) is 5.69 Å². The van der Waals surface area contributed by atoms with Crippen molar-refractivity contribution in [2.24, 2.45) is 0 Å². The summed E-state index contributed by atoms with van der Waals surface area (Å²) in [5.41, 5.74) is 6.67. The Kier molecular flexibility index (Phi) is 6.65. The van der Waals surface area contributed by atoms with Crippen LogP contribution in [0.1, 0.15) is 92.7 Å². The van der Waals surface area contributed by atoms with E-state index in [1.165, 1.54) is 5.56 Å². The van der Waals surface area contributed by atoms with E-state index in [4.69, 9.17) is 0 Å². The van der Waals surface area contributed by atoms with Crippen molar-refractivity contribution in [3.05, 3.63) is 57.6 Å². The fraction of sp³-hybridized carbons (Fsp3) is 0.500. The van der Waals surface area contributed by atoms with Gasteiger partial charge in [0, 0.05) is 0 Å². The molecule has 154 valence electrons. The molecular formula is C24H35NO2S. The molecule has 0 unspecified atom stereocenters. The third-order valence-corrected chi connectivity index (χ3v) is 6.74. The molecule has 2 aromatic rings. The van der Waals surface area contributed by atoms with Crippen LogP contribution in [-0.4, -0.2) is 8.42 Å². The molecule has 3 nitrogen and oxygen atoms in total. The first-order chi connectivity index (χ1) is 12.8. The maximum atomic E-state index is 13.6. The smallest absolute Gasteiger partial charge is 0.262 e. The number of hydrogen-bond donors (Lipinski definition) is 1. The molecular weight excluding hydrogens is 366 g/mol. The monoisotopic (exact) mass is 401 g/mol. The molecule has 2 aromatic carbocycles. The summed E-state index contributed by atoms with van der Waals surface area (Å²) in [5.74, 6) is 0.576. The van der Waals surface area contributed by atoms with Crippen LogP contribution < -0.4 is 4.72 Å². The Bertz CT molecular complexity index is 918. The van der Waals surface area contributed by atoms with Gasteiger partial charge in [-0.05, 0) is 66.3 Å². The molecule has 1 N–H and O–H groups in total. The number of hydrogen-bond acceptors (Lipinski definition) is 2. The van der Waals surface area contributed by atoms with Crippen LogP contribution in [0.25, 0.3) is 0 Å². The Labute approximate surface area is 171 Å². The topological polar surface area (TPSA) is 46.2 Å². The van der Waals surface area contributed by atoms with E-state index in [1.807, 2.05) is 32.9 Å². The van der Waals surface area contributed by atoms with Crippen molar-refractivity contribution in [2.75, 3.05) is 4.72 Å². The van der Waals surface area contributed by atoms with Crippen LogP contribution in [0.2, 0.25) is 0 Å². The second-order valence-corrected chi connectivity index (χ2v) is 10.5. The lowest BCUT2D eigenvalue weighted by Crippen LogP contribution is -2.20. The second kappa shape index (κ2) is 8.28. The molecule has 0 aliphatic rings. The van der Waals surface area contributed by atoms with Gasteiger partial charge in [0.15, 0.2) is 0 Å². The van der Waals surface area contributed by atoms with Crippen LogP contribution in [0.15, 0.2) is 29.2 Å². The van der Waals surface area contributed by atoms with Gasteiger partial charge in [0.05, 0.1) is 10.6 Å². The zero-order chi connectivity index (χ0) is 21.4. The minimum Gasteiger partial charge on any atom is -0.279 e. The molecule has 0 bridgehead atoms. The van der Waals surface area contributed by atoms with Crippen LogP contribution in [0.3, 0.4) is 0 Å². The van der Waals surface area contributed by atoms with Crippen molar-refractivity contribution in [3.8, 4) is 0 Å². The molecule has 0 atom stereocenters. The SMILES string of the molecule is Cc1cc(C)c(NS(=O)(=O)c2c(C(C)C)cc(C(C)C)cc2C(C)C)c(C)c1. The number of sulfonamides is 1. The highest BCUT2D eigenvalue weighted by Crippen LogP contribution is 2.36. The number of benzene rings is 2. The summed E-state index contributed by atoms with van der Waals surface area (Å²) < 4.78 is 30.1. The predicted octanol–water partition coefficient (Wildman–Crippen LogP) is 6.78. The van der Waals surface area contributed by atoms with Crippen LogP contribution in [-0.2, 0) is 10.0 Å². The fourth-order valence-corrected chi connectivity index (χ4v) is 5.63. The third-order valence-electron chi connectivity index (χ3n) is 5.26. The lowest BCUT2D eigenvalue weighted by Gasteiger charge is -2.24. The normalized spacial score (nSPS) is 12.3. The van der Waals surface area contributed by atoms with Gasteiger partial charge in [-0.1, -0.05) is 71.4 Å². The molecule has 0 aliphatic carbocycles. The van der Waals surface area contributed by atoms with Gasteiger partial charge in [-0.25, -0.2) is 8.42 Å². The summed E-state index contributed by atoms with van der Waals surface area (Å²) in [7, 11) is -3.71. The van der Waals surface area contributed by atoms with E-state index >= 15 is 0 Å². The van der Waals surface area contributed by atoms with E-state index in [1.54, 1.807) is 0 Å². The van der Waals surface area contributed by atoms with Gasteiger partial charge >= 0.3 is 0 Å². The van der Waals surface area contributed by atoms with Crippen molar-refractivity contribution >= 4 is 15.7 Å². The molecule has 0 amide bonds. The Morgan fingerprint density at radius 1 is 0.714 bits per heavy atom. The summed E-state index contributed by atoms with van der Waals surface area (Å²) in [6.07, 6.45) is 0. The fourth-order valence-electron chi connectivity index (χ4n) is 3.73. The van der Waals surface area contributed by atoms with Gasteiger partial charge in [0.25, 0.3) is 10.0 Å². The second-order valence-electron chi connectivity index (χ2n) is 8.87. The first-order valence-corrected chi connectivity index (χ1v) is 11.6. The predicted molar refractivity (Wildman–Crippen MR) is 120 cm³/mol. The zero-order valence-corrected chi connectivity index (χ0v) is 19.6. The minimum absolute atomic E-state index is 0.114. The zero-order valence-electron chi connectivity index (χ0n) is 18.8. The lowest BCUT2D eigenvalue weighted by atomic mass is 9.89. The van der Waals surface area contributed by atoms with Crippen molar-refractivity contribution in [1.82, 2.24) is 0 Å². The maximum Gasteiger partial charge on any atom is 0.262 e. The number of rotatable bonds is 6. The van der Waals surface area contributed by atoms with Crippen LogP contribution in [0.5, 0.6) is 0 Å². The molecule has 2 rings (SSSR count). The van der Waals surface area contributed by atoms with Crippen molar-refractivity contribution in [1.29, 1.82) is 0 Å². The molecule has 0 aliphatic heterocycles. The van der Waals surface area contributed by atoms with E-state index < -0.39 is 10.0 Å². The Balaban J connectivity index is 2.74. The van der Waals surface area contributed by atoms with Gasteiger partial charge in [-0.2, -0.15) is 0 Å². The van der Waals surface area contributed by atoms with Gasteiger partial charge in [-0.3, -0.25) is 4.72 Å². The summed E-state index contributed by atoms with van der Waals surface area (Å²) >= 11 is 0. The molecule has 0 aromatic heterocycles. The van der Waals surface area contributed by atoms with E-state index in [9.17, 15) is 8.42 Å². The first kappa shape index (κ1) is 22.5. The first-order valence-electron chi connectivity index (χ1n) is 10.1.